The van der Waals surface area contributed by atoms with Gasteiger partial charge in [0.25, 0.3) is 5.91 Å². The second-order valence-corrected chi connectivity index (χ2v) is 7.53. The van der Waals surface area contributed by atoms with Crippen LogP contribution in [0.1, 0.15) is 13.3 Å². The highest BCUT2D eigenvalue weighted by atomic mass is 32.2. The van der Waals surface area contributed by atoms with E-state index in [0.717, 1.165) is 18.2 Å². The van der Waals surface area contributed by atoms with Gasteiger partial charge in [-0.2, -0.15) is 0 Å². The summed E-state index contributed by atoms with van der Waals surface area (Å²) in [4.78, 5) is 23.7. The molecule has 1 amide bonds. The quantitative estimate of drug-likeness (QED) is 0.829. The topological polar surface area (TPSA) is 89.5 Å². The van der Waals surface area contributed by atoms with Crippen LogP contribution in [0.5, 0.6) is 0 Å². The highest BCUT2D eigenvalue weighted by molar-refractivity contribution is 7.91. The van der Waals surface area contributed by atoms with Crippen LogP contribution in [0.3, 0.4) is 0 Å². The van der Waals surface area contributed by atoms with Crippen LogP contribution in [0, 0.1) is 17.6 Å². The van der Waals surface area contributed by atoms with Crippen LogP contribution >= 0.6 is 0 Å². The van der Waals surface area contributed by atoms with Gasteiger partial charge in [-0.1, -0.05) is 0 Å². The number of anilines is 1. The monoisotopic (exact) mass is 347 g/mol. The first-order valence-corrected chi connectivity index (χ1v) is 8.67. The van der Waals surface area contributed by atoms with E-state index in [4.69, 9.17) is 4.74 Å². The number of halogens is 2. The van der Waals surface area contributed by atoms with Gasteiger partial charge in [0.15, 0.2) is 27.6 Å². The summed E-state index contributed by atoms with van der Waals surface area (Å²) in [6.45, 7) is 1.30. The summed E-state index contributed by atoms with van der Waals surface area (Å²) >= 11 is 0. The van der Waals surface area contributed by atoms with E-state index < -0.39 is 45.4 Å². The highest BCUT2D eigenvalue weighted by Gasteiger charge is 2.35. The van der Waals surface area contributed by atoms with E-state index in [1.165, 1.54) is 6.92 Å². The van der Waals surface area contributed by atoms with E-state index in [9.17, 15) is 26.8 Å². The summed E-state index contributed by atoms with van der Waals surface area (Å²) in [7, 11) is -3.23. The van der Waals surface area contributed by atoms with Gasteiger partial charge in [-0.25, -0.2) is 17.2 Å². The Kier molecular flexibility index (Phi) is 4.98. The van der Waals surface area contributed by atoms with E-state index in [0.29, 0.717) is 0 Å². The van der Waals surface area contributed by atoms with Crippen LogP contribution in [0.15, 0.2) is 18.2 Å². The smallest absolute Gasteiger partial charge is 0.310 e. The number of ether oxygens (including phenoxy) is 1. The summed E-state index contributed by atoms with van der Waals surface area (Å²) in [5, 5.41) is 2.28. The predicted octanol–water partition coefficient (Wildman–Crippen LogP) is 1.27. The van der Waals surface area contributed by atoms with Crippen molar-refractivity contribution in [1.29, 1.82) is 0 Å². The van der Waals surface area contributed by atoms with Crippen LogP contribution in [0.2, 0.25) is 0 Å². The van der Waals surface area contributed by atoms with E-state index in [1.54, 1.807) is 0 Å². The van der Waals surface area contributed by atoms with Crippen LogP contribution in [0.4, 0.5) is 14.5 Å². The molecule has 1 heterocycles. The molecule has 0 spiro atoms. The molecular weight excluding hydrogens is 332 g/mol. The minimum absolute atomic E-state index is 0.0141. The van der Waals surface area contributed by atoms with Crippen LogP contribution < -0.4 is 5.32 Å². The Labute approximate surface area is 131 Å². The minimum Gasteiger partial charge on any atom is -0.452 e. The molecule has 2 rings (SSSR count). The second kappa shape index (κ2) is 6.61. The molecule has 1 N–H and O–H groups in total. The molecule has 0 aromatic heterocycles. The summed E-state index contributed by atoms with van der Waals surface area (Å²) in [6.07, 6.45) is -1.03. The van der Waals surface area contributed by atoms with Gasteiger partial charge in [0, 0.05) is 11.8 Å². The van der Waals surface area contributed by atoms with Gasteiger partial charge in [0.1, 0.15) is 0 Å². The molecule has 6 nitrogen and oxygen atoms in total. The number of hydrogen-bond donors (Lipinski definition) is 1. The molecule has 1 aliphatic heterocycles. The molecule has 0 saturated carbocycles. The first kappa shape index (κ1) is 17.3. The summed E-state index contributed by atoms with van der Waals surface area (Å²) < 4.78 is 53.4. The zero-order valence-corrected chi connectivity index (χ0v) is 13.0. The molecule has 1 aromatic rings. The molecule has 0 unspecified atom stereocenters. The highest BCUT2D eigenvalue weighted by Crippen LogP contribution is 2.20. The van der Waals surface area contributed by atoms with Gasteiger partial charge < -0.3 is 10.1 Å². The molecule has 23 heavy (non-hydrogen) atoms. The lowest BCUT2D eigenvalue weighted by atomic mass is 10.1. The zero-order valence-electron chi connectivity index (χ0n) is 12.2. The number of rotatable bonds is 4. The standard InChI is InChI=1S/C14H15F2NO5S/c1-8(22-14(19)9-4-5-23(20,21)7-9)13(18)17-10-2-3-11(15)12(16)6-10/h2-3,6,8-9H,4-5,7H2,1H3,(H,17,18)/t8-,9+/m1/s1. The van der Waals surface area contributed by atoms with Crippen molar-refractivity contribution in [2.45, 2.75) is 19.4 Å². The number of sulfone groups is 1. The maximum Gasteiger partial charge on any atom is 0.310 e. The van der Waals surface area contributed by atoms with Gasteiger partial charge >= 0.3 is 5.97 Å². The van der Waals surface area contributed by atoms with Gasteiger partial charge in [-0.15, -0.1) is 0 Å². The van der Waals surface area contributed by atoms with Crippen LogP contribution in [0.25, 0.3) is 0 Å². The average Bonchev–Trinajstić information content (AvgIpc) is 2.83. The van der Waals surface area contributed by atoms with Gasteiger partial charge in [0.2, 0.25) is 0 Å². The predicted molar refractivity (Wildman–Crippen MR) is 77.3 cm³/mol. The molecule has 1 aromatic carbocycles. The van der Waals surface area contributed by atoms with E-state index >= 15 is 0 Å². The fourth-order valence-corrected chi connectivity index (χ4v) is 3.85. The average molecular weight is 347 g/mol. The van der Waals surface area contributed by atoms with E-state index in [2.05, 4.69) is 5.32 Å². The Balaban J connectivity index is 1.92. The van der Waals surface area contributed by atoms with Crippen molar-refractivity contribution in [2.75, 3.05) is 16.8 Å². The van der Waals surface area contributed by atoms with Crippen molar-refractivity contribution in [3.8, 4) is 0 Å². The number of amides is 1. The lowest BCUT2D eigenvalue weighted by Gasteiger charge is -2.15. The third-order valence-electron chi connectivity index (χ3n) is 3.42. The molecule has 1 saturated heterocycles. The Hall–Kier alpha value is -2.03. The molecule has 0 aliphatic carbocycles. The summed E-state index contributed by atoms with van der Waals surface area (Å²) in [5.74, 6) is -4.82. The fourth-order valence-electron chi connectivity index (χ4n) is 2.12. The molecule has 1 aliphatic rings. The molecule has 1 fully saturated rings. The number of esters is 1. The van der Waals surface area contributed by atoms with Crippen molar-refractivity contribution in [3.05, 3.63) is 29.8 Å². The van der Waals surface area contributed by atoms with Gasteiger partial charge in [-0.3, -0.25) is 9.59 Å². The number of hydrogen-bond acceptors (Lipinski definition) is 5. The molecule has 0 bridgehead atoms. The van der Waals surface area contributed by atoms with Crippen molar-refractivity contribution >= 4 is 27.4 Å². The van der Waals surface area contributed by atoms with Crippen molar-refractivity contribution in [1.82, 2.24) is 0 Å². The fraction of sp³-hybridized carbons (Fsp3) is 0.429. The minimum atomic E-state index is -3.23. The molecular formula is C14H15F2NO5S. The SMILES string of the molecule is C[C@@H](OC(=O)[C@H]1CCS(=O)(=O)C1)C(=O)Nc1ccc(F)c(F)c1. The Morgan fingerprint density at radius 2 is 2.00 bits per heavy atom. The normalized spacial score (nSPS) is 20.7. The maximum atomic E-state index is 13.0. The second-order valence-electron chi connectivity index (χ2n) is 5.30. The van der Waals surface area contributed by atoms with Crippen molar-refractivity contribution < 1.29 is 31.5 Å². The lowest BCUT2D eigenvalue weighted by molar-refractivity contribution is -0.156. The number of benzene rings is 1. The van der Waals surface area contributed by atoms with Gasteiger partial charge in [0.05, 0.1) is 17.4 Å². The summed E-state index contributed by atoms with van der Waals surface area (Å²) in [5.41, 5.74) is 0.0141. The largest absolute Gasteiger partial charge is 0.452 e. The van der Waals surface area contributed by atoms with Crippen molar-refractivity contribution in [3.63, 3.8) is 0 Å². The van der Waals surface area contributed by atoms with E-state index in [-0.39, 0.29) is 23.6 Å². The molecule has 126 valence electrons. The molecule has 2 atom stereocenters. The third kappa shape index (κ3) is 4.47. The maximum absolute atomic E-state index is 13.0. The van der Waals surface area contributed by atoms with Crippen LogP contribution in [-0.4, -0.2) is 37.9 Å². The zero-order chi connectivity index (χ0) is 17.2. The first-order chi connectivity index (χ1) is 10.7. The first-order valence-electron chi connectivity index (χ1n) is 6.85. The number of nitrogens with one attached hydrogen (secondary N) is 1. The summed E-state index contributed by atoms with van der Waals surface area (Å²) in [6, 6.07) is 2.81. The Bertz CT molecular complexity index is 735. The third-order valence-corrected chi connectivity index (χ3v) is 5.18. The Morgan fingerprint density at radius 1 is 1.30 bits per heavy atom. The molecule has 0 radical (unpaired) electrons. The Morgan fingerprint density at radius 3 is 2.57 bits per heavy atom. The van der Waals surface area contributed by atoms with Crippen molar-refractivity contribution in [2.24, 2.45) is 5.92 Å². The number of carbonyl (C=O) groups is 2. The molecule has 9 heteroatoms. The van der Waals surface area contributed by atoms with Gasteiger partial charge in [-0.05, 0) is 25.5 Å². The lowest BCUT2D eigenvalue weighted by Crippen LogP contribution is -2.32. The number of carbonyl (C=O) groups excluding carboxylic acids is 2. The van der Waals surface area contributed by atoms with Crippen LogP contribution in [-0.2, 0) is 24.2 Å². The van der Waals surface area contributed by atoms with E-state index in [1.807, 2.05) is 0 Å².